The van der Waals surface area contributed by atoms with Gasteiger partial charge in [-0.3, -0.25) is 0 Å². The van der Waals surface area contributed by atoms with E-state index < -0.39 is 0 Å². The van der Waals surface area contributed by atoms with E-state index >= 15 is 0 Å². The van der Waals surface area contributed by atoms with Crippen molar-refractivity contribution in [3.63, 3.8) is 0 Å². The maximum absolute atomic E-state index is 6.33. The Hall–Kier alpha value is -1.51. The molecule has 4 aromatic rings. The average Bonchev–Trinajstić information content (AvgIpc) is 2.74. The summed E-state index contributed by atoms with van der Waals surface area (Å²) in [5.74, 6) is 0. The summed E-state index contributed by atoms with van der Waals surface area (Å²) in [5.41, 5.74) is 2.19. The Morgan fingerprint density at radius 3 is 2.68 bits per heavy atom. The highest BCUT2D eigenvalue weighted by Gasteiger charge is 2.14. The molecule has 0 radical (unpaired) electrons. The second-order valence-corrected chi connectivity index (χ2v) is 5.77. The van der Waals surface area contributed by atoms with Crippen molar-refractivity contribution in [1.82, 2.24) is 4.40 Å². The van der Waals surface area contributed by atoms with Crippen molar-refractivity contribution >= 4 is 54.7 Å². The number of nitrogens with zero attached hydrogens (tertiary/aromatic N) is 1. The molecule has 1 nitrogen and oxygen atoms in total. The predicted octanol–water partition coefficient (Wildman–Crippen LogP) is 5.66. The molecule has 0 aliphatic rings. The largest absolute Gasteiger partial charge is 0.314 e. The highest BCUT2D eigenvalue weighted by atomic mass is 79.9. The molecular formula is C16H9BrClN. The SMILES string of the molecule is Clc1cccn2c1c(Br)c1c3ccccc3ccc12. The van der Waals surface area contributed by atoms with Gasteiger partial charge in [0.15, 0.2) is 0 Å². The molecule has 0 unspecified atom stereocenters. The van der Waals surface area contributed by atoms with Crippen LogP contribution in [0.25, 0.3) is 27.2 Å². The molecule has 2 aromatic carbocycles. The van der Waals surface area contributed by atoms with Gasteiger partial charge in [0, 0.05) is 11.6 Å². The van der Waals surface area contributed by atoms with Crippen LogP contribution in [-0.4, -0.2) is 4.40 Å². The third kappa shape index (κ3) is 1.47. The smallest absolute Gasteiger partial charge is 0.0792 e. The van der Waals surface area contributed by atoms with Crippen molar-refractivity contribution in [3.8, 4) is 0 Å². The number of hydrogen-bond acceptors (Lipinski definition) is 0. The van der Waals surface area contributed by atoms with Crippen LogP contribution in [0.1, 0.15) is 0 Å². The maximum atomic E-state index is 6.33. The number of fused-ring (bicyclic) bond motifs is 5. The van der Waals surface area contributed by atoms with Gasteiger partial charge in [-0.1, -0.05) is 41.9 Å². The van der Waals surface area contributed by atoms with E-state index in [-0.39, 0.29) is 0 Å². The van der Waals surface area contributed by atoms with Gasteiger partial charge in [0.2, 0.25) is 0 Å². The summed E-state index contributed by atoms with van der Waals surface area (Å²) in [5, 5.41) is 4.45. The van der Waals surface area contributed by atoms with Crippen LogP contribution >= 0.6 is 27.5 Å². The molecule has 19 heavy (non-hydrogen) atoms. The fourth-order valence-corrected chi connectivity index (χ4v) is 3.90. The Kier molecular flexibility index (Phi) is 2.38. The first-order chi connectivity index (χ1) is 9.27. The molecule has 0 saturated carbocycles. The molecule has 0 atom stereocenters. The molecular weight excluding hydrogens is 322 g/mol. The Bertz CT molecular complexity index is 940. The van der Waals surface area contributed by atoms with E-state index in [4.69, 9.17) is 11.6 Å². The summed E-state index contributed by atoms with van der Waals surface area (Å²) in [4.78, 5) is 0. The molecule has 4 rings (SSSR count). The second kappa shape index (κ2) is 3.99. The minimum Gasteiger partial charge on any atom is -0.314 e. The second-order valence-electron chi connectivity index (χ2n) is 4.57. The quantitative estimate of drug-likeness (QED) is 0.392. The Balaban J connectivity index is 2.39. The normalized spacial score (nSPS) is 11.7. The lowest BCUT2D eigenvalue weighted by Gasteiger charge is -2.00. The molecule has 2 heterocycles. The van der Waals surface area contributed by atoms with E-state index in [1.54, 1.807) is 0 Å². The highest BCUT2D eigenvalue weighted by Crippen LogP contribution is 2.38. The molecule has 0 bridgehead atoms. The summed E-state index contributed by atoms with van der Waals surface area (Å²) < 4.78 is 3.19. The van der Waals surface area contributed by atoms with Gasteiger partial charge in [0.25, 0.3) is 0 Å². The topological polar surface area (TPSA) is 4.41 Å². The third-order valence-electron chi connectivity index (χ3n) is 3.54. The van der Waals surface area contributed by atoms with Crippen LogP contribution in [0.5, 0.6) is 0 Å². The molecule has 0 aliphatic carbocycles. The van der Waals surface area contributed by atoms with Crippen molar-refractivity contribution in [1.29, 1.82) is 0 Å². The first-order valence-corrected chi connectivity index (χ1v) is 7.20. The lowest BCUT2D eigenvalue weighted by atomic mass is 10.1. The first kappa shape index (κ1) is 11.3. The fraction of sp³-hybridized carbons (Fsp3) is 0. The number of rotatable bonds is 0. The van der Waals surface area contributed by atoms with Crippen molar-refractivity contribution in [3.05, 3.63) is 64.2 Å². The fourth-order valence-electron chi connectivity index (χ4n) is 2.70. The summed E-state index contributed by atoms with van der Waals surface area (Å²) >= 11 is 10.1. The van der Waals surface area contributed by atoms with Crippen LogP contribution < -0.4 is 0 Å². The number of aromatic nitrogens is 1. The molecule has 92 valence electrons. The average molecular weight is 331 g/mol. The van der Waals surface area contributed by atoms with Crippen LogP contribution in [0.2, 0.25) is 5.02 Å². The summed E-state index contributed by atoms with van der Waals surface area (Å²) in [7, 11) is 0. The van der Waals surface area contributed by atoms with Crippen LogP contribution in [-0.2, 0) is 0 Å². The van der Waals surface area contributed by atoms with Gasteiger partial charge >= 0.3 is 0 Å². The number of hydrogen-bond donors (Lipinski definition) is 0. The Morgan fingerprint density at radius 2 is 1.79 bits per heavy atom. The van der Waals surface area contributed by atoms with Gasteiger partial charge in [0.1, 0.15) is 0 Å². The van der Waals surface area contributed by atoms with Crippen LogP contribution in [0.4, 0.5) is 0 Å². The summed E-state index contributed by atoms with van der Waals surface area (Å²) in [6, 6.07) is 16.6. The number of halogens is 2. The lowest BCUT2D eigenvalue weighted by Crippen LogP contribution is -1.83. The van der Waals surface area contributed by atoms with Gasteiger partial charge in [-0.15, -0.1) is 0 Å². The van der Waals surface area contributed by atoms with Crippen LogP contribution in [0, 0.1) is 0 Å². The van der Waals surface area contributed by atoms with E-state index in [1.165, 1.54) is 21.7 Å². The number of pyridine rings is 1. The summed E-state index contributed by atoms with van der Waals surface area (Å²) in [6.07, 6.45) is 2.04. The summed E-state index contributed by atoms with van der Waals surface area (Å²) in [6.45, 7) is 0. The van der Waals surface area contributed by atoms with Gasteiger partial charge in [-0.2, -0.15) is 0 Å². The van der Waals surface area contributed by atoms with E-state index in [9.17, 15) is 0 Å². The molecule has 3 heteroatoms. The third-order valence-corrected chi connectivity index (χ3v) is 4.62. The zero-order valence-corrected chi connectivity index (χ0v) is 12.2. The molecule has 2 aromatic heterocycles. The molecule has 0 aliphatic heterocycles. The zero-order chi connectivity index (χ0) is 13.0. The van der Waals surface area contributed by atoms with E-state index in [1.807, 2.05) is 18.3 Å². The standard InChI is InChI=1S/C16H9BrClN/c17-15-14-11-5-2-1-4-10(11)7-8-13(14)19-9-3-6-12(18)16(15)19/h1-9H. The monoisotopic (exact) mass is 329 g/mol. The molecule has 0 amide bonds. The van der Waals surface area contributed by atoms with E-state index in [0.717, 1.165) is 15.0 Å². The van der Waals surface area contributed by atoms with Gasteiger partial charge < -0.3 is 4.40 Å². The zero-order valence-electron chi connectivity index (χ0n) is 9.90. The minimum absolute atomic E-state index is 0.759. The van der Waals surface area contributed by atoms with Gasteiger partial charge in [-0.05, 0) is 44.9 Å². The van der Waals surface area contributed by atoms with E-state index in [0.29, 0.717) is 0 Å². The first-order valence-electron chi connectivity index (χ1n) is 6.03. The highest BCUT2D eigenvalue weighted by molar-refractivity contribution is 9.10. The van der Waals surface area contributed by atoms with Crippen molar-refractivity contribution in [2.24, 2.45) is 0 Å². The van der Waals surface area contributed by atoms with Crippen LogP contribution in [0.3, 0.4) is 0 Å². The molecule has 0 fully saturated rings. The lowest BCUT2D eigenvalue weighted by molar-refractivity contribution is 1.25. The number of benzene rings is 2. The van der Waals surface area contributed by atoms with Crippen LogP contribution in [0.15, 0.2) is 59.2 Å². The minimum atomic E-state index is 0.759. The van der Waals surface area contributed by atoms with E-state index in [2.05, 4.69) is 56.7 Å². The van der Waals surface area contributed by atoms with Crippen molar-refractivity contribution in [2.45, 2.75) is 0 Å². The predicted molar refractivity (Wildman–Crippen MR) is 85.1 cm³/mol. The Morgan fingerprint density at radius 1 is 0.947 bits per heavy atom. The maximum Gasteiger partial charge on any atom is 0.0792 e. The molecule has 0 saturated heterocycles. The Labute approximate surface area is 123 Å². The van der Waals surface area contributed by atoms with Crippen molar-refractivity contribution < 1.29 is 0 Å². The van der Waals surface area contributed by atoms with Gasteiger partial charge in [0.05, 0.1) is 20.5 Å². The van der Waals surface area contributed by atoms with Gasteiger partial charge in [-0.25, -0.2) is 0 Å². The molecule has 0 N–H and O–H groups in total. The van der Waals surface area contributed by atoms with Crippen molar-refractivity contribution in [2.75, 3.05) is 0 Å². The molecule has 0 spiro atoms.